The first kappa shape index (κ1) is 29.4. The fourth-order valence-electron chi connectivity index (χ4n) is 4.53. The Hall–Kier alpha value is -1.18. The summed E-state index contributed by atoms with van der Waals surface area (Å²) >= 11 is 2.06. The Morgan fingerprint density at radius 3 is 2.22 bits per heavy atom. The normalized spacial score (nSPS) is 23.6. The van der Waals surface area contributed by atoms with Crippen LogP contribution in [0.25, 0.3) is 0 Å². The number of piperazine rings is 1. The van der Waals surface area contributed by atoms with Gasteiger partial charge in [0.2, 0.25) is 0 Å². The molecule has 4 atom stereocenters. The molecule has 0 aromatic heterocycles. The van der Waals surface area contributed by atoms with Gasteiger partial charge >= 0.3 is 0 Å². The minimum atomic E-state index is -2.85. The Labute approximate surface area is 221 Å². The van der Waals surface area contributed by atoms with Crippen LogP contribution in [0.3, 0.4) is 0 Å². The molecule has 2 aliphatic rings. The van der Waals surface area contributed by atoms with Gasteiger partial charge in [-0.15, -0.1) is 0 Å². The van der Waals surface area contributed by atoms with Crippen LogP contribution in [-0.4, -0.2) is 80.6 Å². The number of likely N-dealkylation sites (N-methyl/N-ethyl adjacent to an activating group) is 3. The summed E-state index contributed by atoms with van der Waals surface area (Å²) in [5, 5.41) is 16.0. The highest BCUT2D eigenvalue weighted by molar-refractivity contribution is 8.14. The van der Waals surface area contributed by atoms with Crippen molar-refractivity contribution in [1.82, 2.24) is 20.3 Å². The smallest absolute Gasteiger partial charge is 0.285 e. The van der Waals surface area contributed by atoms with Crippen LogP contribution in [0.4, 0.5) is 24.5 Å². The molecule has 1 aromatic carbocycles. The zero-order chi connectivity index (χ0) is 26.8. The first-order valence-electron chi connectivity index (χ1n) is 12.3. The minimum absolute atomic E-state index is 0.00586. The second-order valence-electron chi connectivity index (χ2n) is 10.0. The van der Waals surface area contributed by atoms with E-state index >= 15 is 4.39 Å². The van der Waals surface area contributed by atoms with Crippen LogP contribution >= 0.6 is 23.7 Å². The Morgan fingerprint density at radius 2 is 1.75 bits per heavy atom. The predicted molar refractivity (Wildman–Crippen MR) is 147 cm³/mol. The van der Waals surface area contributed by atoms with E-state index in [0.717, 1.165) is 30.2 Å². The molecule has 0 amide bonds. The highest BCUT2D eigenvalue weighted by Crippen LogP contribution is 2.45. The number of nitrogens with one attached hydrogen (secondary N) is 5. The lowest BCUT2D eigenvalue weighted by Gasteiger charge is -2.44. The van der Waals surface area contributed by atoms with Crippen LogP contribution in [0, 0.1) is 11.2 Å². The number of hydrogen-bond acceptors (Lipinski definition) is 9. The van der Waals surface area contributed by atoms with E-state index in [2.05, 4.69) is 58.3 Å². The van der Waals surface area contributed by atoms with Crippen molar-refractivity contribution in [2.24, 2.45) is 0 Å². The molecule has 7 nitrogen and oxygen atoms in total. The van der Waals surface area contributed by atoms with Gasteiger partial charge in [-0.05, 0) is 78.3 Å². The van der Waals surface area contributed by atoms with E-state index in [9.17, 15) is 8.78 Å². The number of alkyl halides is 2. The number of anilines is 2. The molecule has 12 heteroatoms. The average Bonchev–Trinajstić information content (AvgIpc) is 3.58. The van der Waals surface area contributed by atoms with E-state index in [-0.39, 0.29) is 23.4 Å². The molecule has 1 aliphatic carbocycles. The van der Waals surface area contributed by atoms with Crippen molar-refractivity contribution in [3.63, 3.8) is 0 Å². The van der Waals surface area contributed by atoms with Crippen molar-refractivity contribution in [2.75, 3.05) is 51.5 Å². The van der Waals surface area contributed by atoms with Gasteiger partial charge < -0.3 is 20.9 Å². The second kappa shape index (κ2) is 12.1. The van der Waals surface area contributed by atoms with E-state index in [4.69, 9.17) is 5.41 Å². The third kappa shape index (κ3) is 6.44. The molecular weight excluding hydrogens is 507 g/mol. The molecule has 1 aromatic rings. The maximum Gasteiger partial charge on any atom is 0.285 e. The van der Waals surface area contributed by atoms with Gasteiger partial charge in [-0.3, -0.25) is 15.0 Å². The first-order chi connectivity index (χ1) is 17.0. The average molecular weight is 548 g/mol. The molecule has 0 bridgehead atoms. The summed E-state index contributed by atoms with van der Waals surface area (Å²) in [7, 11) is 7.28. The minimum Gasteiger partial charge on any atom is -0.386 e. The Kier molecular flexibility index (Phi) is 9.89. The highest BCUT2D eigenvalue weighted by Gasteiger charge is 2.39. The summed E-state index contributed by atoms with van der Waals surface area (Å²) in [6.45, 7) is 7.71. The van der Waals surface area contributed by atoms with Crippen molar-refractivity contribution in [3.05, 3.63) is 17.4 Å². The topological polar surface area (TPSA) is 78.4 Å². The summed E-state index contributed by atoms with van der Waals surface area (Å²) in [5.74, 6) is -0.294. The number of halogens is 3. The van der Waals surface area contributed by atoms with Crippen LogP contribution in [0.1, 0.15) is 45.2 Å². The molecule has 1 aliphatic heterocycles. The number of thioether (sulfide) groups is 1. The van der Waals surface area contributed by atoms with Gasteiger partial charge in [0, 0.05) is 37.8 Å². The molecule has 204 valence electrons. The molecule has 1 saturated heterocycles. The molecule has 1 heterocycles. The molecule has 3 unspecified atom stereocenters. The zero-order valence-corrected chi connectivity index (χ0v) is 23.8. The lowest BCUT2D eigenvalue weighted by Crippen LogP contribution is -2.55. The summed E-state index contributed by atoms with van der Waals surface area (Å²) < 4.78 is 46.1. The number of rotatable bonds is 11. The van der Waals surface area contributed by atoms with Gasteiger partial charge in [0.05, 0.1) is 27.7 Å². The summed E-state index contributed by atoms with van der Waals surface area (Å²) in [4.78, 5) is 4.86. The molecule has 1 saturated carbocycles. The lowest BCUT2D eigenvalue weighted by atomic mass is 10.00. The molecule has 0 radical (unpaired) electrons. The van der Waals surface area contributed by atoms with Gasteiger partial charge in [-0.25, -0.2) is 13.2 Å². The summed E-state index contributed by atoms with van der Waals surface area (Å²) in [5.41, 5.74) is 1.88. The van der Waals surface area contributed by atoms with Gasteiger partial charge in [0.25, 0.3) is 6.43 Å². The van der Waals surface area contributed by atoms with Crippen LogP contribution in [0.2, 0.25) is 0 Å². The van der Waals surface area contributed by atoms with Crippen LogP contribution in [0.5, 0.6) is 0 Å². The van der Waals surface area contributed by atoms with E-state index in [1.807, 2.05) is 0 Å². The van der Waals surface area contributed by atoms with E-state index in [1.54, 1.807) is 27.2 Å². The first-order valence-corrected chi connectivity index (χ1v) is 14.0. The van der Waals surface area contributed by atoms with Crippen molar-refractivity contribution in [3.8, 4) is 0 Å². The second-order valence-corrected chi connectivity index (χ2v) is 12.1. The van der Waals surface area contributed by atoms with Crippen LogP contribution in [0.15, 0.2) is 11.0 Å². The van der Waals surface area contributed by atoms with E-state index in [1.165, 1.54) is 11.9 Å². The lowest BCUT2D eigenvalue weighted by molar-refractivity contribution is 0.169. The van der Waals surface area contributed by atoms with Gasteiger partial charge in [-0.2, -0.15) is 0 Å². The molecule has 0 spiro atoms. The van der Waals surface area contributed by atoms with Crippen molar-refractivity contribution in [2.45, 2.75) is 74.0 Å². The number of nitrogens with zero attached hydrogens (tertiary/aromatic N) is 2. The number of benzene rings is 1. The fraction of sp³-hybridized carbons (Fsp3) is 0.708. The Balaban J connectivity index is 2.11. The van der Waals surface area contributed by atoms with E-state index < -0.39 is 22.9 Å². The monoisotopic (exact) mass is 547 g/mol. The highest BCUT2D eigenvalue weighted by atomic mass is 32.2. The summed E-state index contributed by atoms with van der Waals surface area (Å²) in [6.07, 6.45) is -0.771. The van der Waals surface area contributed by atoms with Crippen LogP contribution < -0.4 is 25.6 Å². The predicted octanol–water partition coefficient (Wildman–Crippen LogP) is 4.33. The Morgan fingerprint density at radius 1 is 1.14 bits per heavy atom. The van der Waals surface area contributed by atoms with Crippen LogP contribution in [-0.2, 0) is 0 Å². The van der Waals surface area contributed by atoms with Crippen molar-refractivity contribution >= 4 is 40.1 Å². The SMILES string of the molecule is CNc1c(C(NC)C(NC)SC(=N)C(F)F)cc(SNC2(C)CC2)c(F)c1N1CC(C)N(C)[C@@H](C)C1. The largest absolute Gasteiger partial charge is 0.386 e. The zero-order valence-electron chi connectivity index (χ0n) is 22.1. The molecular formula is C24H40F3N7S2. The van der Waals surface area contributed by atoms with E-state index in [0.29, 0.717) is 29.4 Å². The Bertz CT molecular complexity index is 919. The maximum absolute atomic E-state index is 16.3. The molecule has 3 rings (SSSR count). The van der Waals surface area contributed by atoms with Gasteiger partial charge in [-0.1, -0.05) is 11.8 Å². The molecule has 2 fully saturated rings. The third-order valence-corrected chi connectivity index (χ3v) is 9.56. The van der Waals surface area contributed by atoms with Crippen molar-refractivity contribution < 1.29 is 13.2 Å². The molecule has 36 heavy (non-hydrogen) atoms. The van der Waals surface area contributed by atoms with Crippen molar-refractivity contribution in [1.29, 1.82) is 5.41 Å². The molecule has 5 N–H and O–H groups in total. The number of hydrogen-bond donors (Lipinski definition) is 5. The fourth-order valence-corrected chi connectivity index (χ4v) is 6.37. The quantitative estimate of drug-likeness (QED) is 0.121. The van der Waals surface area contributed by atoms with Gasteiger partial charge in [0.1, 0.15) is 5.04 Å². The van der Waals surface area contributed by atoms with Gasteiger partial charge in [0.15, 0.2) is 5.82 Å². The maximum atomic E-state index is 16.3. The summed E-state index contributed by atoms with van der Waals surface area (Å²) in [6, 6.07) is 1.79. The standard InChI is InChI=1S/C24H40F3N7S2/c1-13-11-34(12-14(2)33(13)7)20-17(25)16(36-32-24(3)8-9-24)10-15(18(20)29-4)19(30-5)23(31-6)35-22(28)21(26)27/h10,13-14,19,21,23,28-32H,8-9,11-12H2,1-7H3/t13-,14?,19?,23?/m0/s1. The third-order valence-electron chi connectivity index (χ3n) is 7.26.